The Morgan fingerprint density at radius 2 is 0.816 bits per heavy atom. The van der Waals surface area contributed by atoms with E-state index in [4.69, 9.17) is 23.1 Å². The fourth-order valence-electron chi connectivity index (χ4n) is 12.9. The summed E-state index contributed by atoms with van der Waals surface area (Å²) in [6.45, 7) is 50.3. The number of carboxylic acid groups (broad SMARTS) is 1. The zero-order chi connectivity index (χ0) is 73.6. The Bertz CT molecular complexity index is 3560. The smallest absolute Gasteiger partial charge is 0.435 e. The first kappa shape index (κ1) is 80.8. The molecule has 0 bridgehead atoms. The largest absolute Gasteiger partial charge is 0.463 e. The molecular weight excluding hydrogens is 1270 g/mol. The van der Waals surface area contributed by atoms with Crippen molar-refractivity contribution in [3.8, 4) is 22.3 Å². The van der Waals surface area contributed by atoms with Crippen molar-refractivity contribution in [3.63, 3.8) is 0 Å². The lowest BCUT2D eigenvalue weighted by molar-refractivity contribution is -0.118. The highest BCUT2D eigenvalue weighted by molar-refractivity contribution is 6.78. The number of ether oxygens (including phenoxy) is 3. The van der Waals surface area contributed by atoms with Crippen LogP contribution >= 0.6 is 0 Å². The topological polar surface area (TPSA) is 253 Å². The Balaban J connectivity index is 0.000000354. The summed E-state index contributed by atoms with van der Waals surface area (Å²) in [4.78, 5) is 76.6. The van der Waals surface area contributed by atoms with Gasteiger partial charge >= 0.3 is 24.4 Å². The van der Waals surface area contributed by atoms with Gasteiger partial charge in [0, 0.05) is 53.4 Å². The summed E-state index contributed by atoms with van der Waals surface area (Å²) < 4.78 is 31.9. The maximum absolute atomic E-state index is 13.8. The summed E-state index contributed by atoms with van der Waals surface area (Å²) in [5, 5.41) is 29.4. The van der Waals surface area contributed by atoms with E-state index in [0.717, 1.165) is 48.3 Å². The van der Waals surface area contributed by atoms with Crippen molar-refractivity contribution in [2.24, 2.45) is 0 Å². The standard InChI is InChI=1S/2C38H56N4O6Si/c1-25(2)49(26(3)4,27(5)6)46-24-28-13-15-30(16-14-28)33(22-39-35(44)47-37(7,8)9)34(43)41-32-19-17-29(18-20-32)31-21-40-42(23-31)36(45)48-38(10,11)12;1-24(2)49(25(3)4,26(5)6)47-23-27-13-15-28(16-14-27)31(21-39-35(44)48-38(10,11)12)34(43)40-30-19-17-29(18-20-30)32-22-42(36(45)46)41-33(32)37(7,8)9/h13-21,23,25-27,33H,22,24H2,1-12H3,(H,39,44)(H,41,43);13-20,22,24-26,31H,21,23H2,1-12H3,(H,39,44)(H,40,43)(H,45,46). The number of hydrogen-bond acceptors (Lipinski definition) is 13. The molecular formula is C76H112N8O12Si2. The number of rotatable bonds is 24. The summed E-state index contributed by atoms with van der Waals surface area (Å²) in [5.74, 6) is -1.98. The van der Waals surface area contributed by atoms with Gasteiger partial charge in [-0.15, -0.1) is 0 Å². The molecule has 0 saturated carbocycles. The number of benzene rings is 4. The van der Waals surface area contributed by atoms with Crippen molar-refractivity contribution in [2.75, 3.05) is 23.7 Å². The summed E-state index contributed by atoms with van der Waals surface area (Å²) in [6, 6.07) is 30.1. The molecule has 0 saturated heterocycles. The van der Waals surface area contributed by atoms with Crippen LogP contribution in [0.3, 0.4) is 0 Å². The van der Waals surface area contributed by atoms with Crippen molar-refractivity contribution in [2.45, 2.75) is 247 Å². The van der Waals surface area contributed by atoms with Crippen molar-refractivity contribution < 1.29 is 56.9 Å². The second-order valence-electron chi connectivity index (χ2n) is 31.2. The summed E-state index contributed by atoms with van der Waals surface area (Å²) in [5.41, 5.74) is 8.81. The van der Waals surface area contributed by atoms with Crippen LogP contribution < -0.4 is 21.3 Å². The quantitative estimate of drug-likeness (QED) is 0.0279. The highest BCUT2D eigenvalue weighted by Crippen LogP contribution is 2.44. The zero-order valence-electron chi connectivity index (χ0n) is 62.6. The second kappa shape index (κ2) is 33.8. The second-order valence-corrected chi connectivity index (χ2v) is 42.1. The predicted octanol–water partition coefficient (Wildman–Crippen LogP) is 18.6. The molecule has 2 atom stereocenters. The lowest BCUT2D eigenvalue weighted by Gasteiger charge is -2.42. The molecule has 0 spiro atoms. The van der Waals surface area contributed by atoms with E-state index in [9.17, 15) is 33.9 Å². The van der Waals surface area contributed by atoms with Crippen molar-refractivity contribution in [1.29, 1.82) is 0 Å². The van der Waals surface area contributed by atoms with E-state index in [0.29, 0.717) is 69.1 Å². The molecule has 22 heteroatoms. The van der Waals surface area contributed by atoms with Gasteiger partial charge in [0.05, 0.1) is 36.9 Å². The zero-order valence-corrected chi connectivity index (χ0v) is 64.6. The SMILES string of the molecule is CC(C)[Si](OCc1ccc(C(CNC(=O)OC(C)(C)C)C(=O)Nc2ccc(-c3cn(C(=O)O)nc3C(C)(C)C)cc2)cc1)(C(C)C)C(C)C.CC(C)[Si](OCc1ccc(C(CNC(=O)OC(C)(C)C)C(=O)Nc2ccc(-c3cnn(C(=O)OC(C)(C)C)c3)cc2)cc1)(C(C)C)C(C)C. The van der Waals surface area contributed by atoms with E-state index >= 15 is 0 Å². The number of amides is 4. The van der Waals surface area contributed by atoms with Gasteiger partial charge in [-0.1, -0.05) is 177 Å². The van der Waals surface area contributed by atoms with E-state index in [-0.39, 0.29) is 30.3 Å². The van der Waals surface area contributed by atoms with Crippen LogP contribution in [-0.2, 0) is 51.3 Å². The third-order valence-electron chi connectivity index (χ3n) is 17.2. The van der Waals surface area contributed by atoms with Gasteiger partial charge in [0.25, 0.3) is 0 Å². The molecule has 6 rings (SSSR count). The number of anilines is 2. The molecule has 2 heterocycles. The molecule has 2 unspecified atom stereocenters. The van der Waals surface area contributed by atoms with Gasteiger partial charge in [-0.05, 0) is 153 Å². The van der Waals surface area contributed by atoms with Gasteiger partial charge in [-0.2, -0.15) is 19.6 Å². The van der Waals surface area contributed by atoms with Gasteiger partial charge in [0.15, 0.2) is 0 Å². The first-order chi connectivity index (χ1) is 45.4. The minimum atomic E-state index is -2.05. The average Bonchev–Trinajstić information content (AvgIpc) is 1.44. The molecule has 2 aromatic heterocycles. The van der Waals surface area contributed by atoms with Gasteiger partial charge in [0.1, 0.15) is 16.8 Å². The van der Waals surface area contributed by atoms with E-state index in [1.807, 2.05) is 93.6 Å². The average molecular weight is 1390 g/mol. The number of nitrogens with one attached hydrogen (secondary N) is 4. The van der Waals surface area contributed by atoms with Crippen LogP contribution in [0.25, 0.3) is 22.3 Å². The van der Waals surface area contributed by atoms with Crippen LogP contribution in [0, 0.1) is 0 Å². The predicted molar refractivity (Wildman–Crippen MR) is 395 cm³/mol. The van der Waals surface area contributed by atoms with Gasteiger partial charge < -0.3 is 49.4 Å². The minimum absolute atomic E-state index is 0.0298. The van der Waals surface area contributed by atoms with E-state index < -0.39 is 69.6 Å². The van der Waals surface area contributed by atoms with Crippen molar-refractivity contribution >= 4 is 64.2 Å². The monoisotopic (exact) mass is 1380 g/mol. The Hall–Kier alpha value is -7.93. The van der Waals surface area contributed by atoms with E-state index in [1.54, 1.807) is 99.0 Å². The number of carbonyl (C=O) groups excluding carboxylic acids is 5. The maximum Gasteiger partial charge on any atom is 0.435 e. The van der Waals surface area contributed by atoms with Crippen LogP contribution in [0.15, 0.2) is 116 Å². The lowest BCUT2D eigenvalue weighted by Crippen LogP contribution is -2.47. The Labute approximate surface area is 584 Å². The normalized spacial score (nSPS) is 13.1. The summed E-state index contributed by atoms with van der Waals surface area (Å²) in [7, 11) is -4.09. The fraction of sp³-hybridized carbons (Fsp3) is 0.526. The molecule has 6 aromatic rings. The summed E-state index contributed by atoms with van der Waals surface area (Å²) >= 11 is 0. The maximum atomic E-state index is 13.8. The molecule has 0 radical (unpaired) electrons. The number of aromatic nitrogens is 4. The van der Waals surface area contributed by atoms with E-state index in [2.05, 4.69) is 115 Å². The van der Waals surface area contributed by atoms with Crippen molar-refractivity contribution in [3.05, 3.63) is 144 Å². The van der Waals surface area contributed by atoms with Crippen LogP contribution in [0.4, 0.5) is 30.6 Å². The number of hydrogen-bond donors (Lipinski definition) is 5. The number of alkyl carbamates (subject to hydrolysis) is 2. The highest BCUT2D eigenvalue weighted by Gasteiger charge is 2.46. The molecule has 0 aliphatic rings. The number of nitrogens with zero attached hydrogens (tertiary/aromatic N) is 4. The Morgan fingerprint density at radius 3 is 1.14 bits per heavy atom. The summed E-state index contributed by atoms with van der Waals surface area (Å²) in [6.07, 6.45) is 1.76. The minimum Gasteiger partial charge on any atom is -0.463 e. The van der Waals surface area contributed by atoms with Crippen LogP contribution in [0.1, 0.15) is 206 Å². The van der Waals surface area contributed by atoms with Gasteiger partial charge in [-0.3, -0.25) is 9.59 Å². The molecule has 0 aliphatic carbocycles. The van der Waals surface area contributed by atoms with Gasteiger partial charge in [0.2, 0.25) is 28.4 Å². The first-order valence-corrected chi connectivity index (χ1v) is 38.5. The van der Waals surface area contributed by atoms with Crippen molar-refractivity contribution in [1.82, 2.24) is 30.2 Å². The molecule has 0 fully saturated rings. The molecule has 98 heavy (non-hydrogen) atoms. The fourth-order valence-corrected chi connectivity index (χ4v) is 23.7. The molecule has 4 aromatic carbocycles. The first-order valence-electron chi connectivity index (χ1n) is 34.2. The van der Waals surface area contributed by atoms with Crippen LogP contribution in [0.5, 0.6) is 0 Å². The molecule has 4 amide bonds. The van der Waals surface area contributed by atoms with E-state index in [1.165, 1.54) is 6.20 Å². The molecule has 536 valence electrons. The lowest BCUT2D eigenvalue weighted by atomic mass is 9.87. The highest BCUT2D eigenvalue weighted by atomic mass is 28.4. The third kappa shape index (κ3) is 22.6. The Morgan fingerprint density at radius 1 is 0.459 bits per heavy atom. The molecule has 20 nitrogen and oxygen atoms in total. The third-order valence-corrected chi connectivity index (χ3v) is 29.3. The van der Waals surface area contributed by atoms with Crippen LogP contribution in [-0.4, -0.2) is 107 Å². The van der Waals surface area contributed by atoms with Crippen LogP contribution in [0.2, 0.25) is 33.2 Å². The Kier molecular flexibility index (Phi) is 27.8. The molecule has 5 N–H and O–H groups in total. The number of carbonyl (C=O) groups is 6. The van der Waals surface area contributed by atoms with Gasteiger partial charge in [-0.25, -0.2) is 19.2 Å². The molecule has 0 aliphatic heterocycles.